The van der Waals surface area contributed by atoms with Crippen molar-refractivity contribution in [1.29, 1.82) is 0 Å². The third kappa shape index (κ3) is 4.81. The molecule has 1 fully saturated rings. The molecular formula is C23H23ClN4O. The van der Waals surface area contributed by atoms with Gasteiger partial charge in [0.25, 0.3) is 0 Å². The number of anilines is 1. The summed E-state index contributed by atoms with van der Waals surface area (Å²) in [7, 11) is 0. The van der Waals surface area contributed by atoms with E-state index in [0.717, 1.165) is 41.0 Å². The van der Waals surface area contributed by atoms with Gasteiger partial charge < -0.3 is 5.32 Å². The van der Waals surface area contributed by atoms with Crippen molar-refractivity contribution in [2.75, 3.05) is 25.0 Å². The van der Waals surface area contributed by atoms with Crippen molar-refractivity contribution in [3.63, 3.8) is 0 Å². The van der Waals surface area contributed by atoms with E-state index < -0.39 is 0 Å². The number of nitrogens with one attached hydrogen (secondary N) is 1. The molecule has 2 aromatic heterocycles. The molecule has 1 aromatic carbocycles. The average molecular weight is 407 g/mol. The quantitative estimate of drug-likeness (QED) is 0.660. The molecular weight excluding hydrogens is 384 g/mol. The fourth-order valence-corrected chi connectivity index (χ4v) is 3.66. The van der Waals surface area contributed by atoms with Crippen LogP contribution < -0.4 is 5.32 Å². The minimum absolute atomic E-state index is 0.0132. The summed E-state index contributed by atoms with van der Waals surface area (Å²) in [6, 6.07) is 13.7. The van der Waals surface area contributed by atoms with Gasteiger partial charge in [-0.25, -0.2) is 4.98 Å². The van der Waals surface area contributed by atoms with Crippen LogP contribution >= 0.6 is 11.6 Å². The summed E-state index contributed by atoms with van der Waals surface area (Å²) in [4.78, 5) is 23.5. The zero-order chi connectivity index (χ0) is 20.2. The normalized spacial score (nSPS) is 14.1. The molecule has 0 aliphatic carbocycles. The maximum absolute atomic E-state index is 12.3. The molecule has 1 saturated heterocycles. The summed E-state index contributed by atoms with van der Waals surface area (Å²) in [5.74, 6) is 0.594. The van der Waals surface area contributed by atoms with Gasteiger partial charge in [-0.1, -0.05) is 29.8 Å². The van der Waals surface area contributed by atoms with Gasteiger partial charge in [0.05, 0.1) is 12.2 Å². The number of aryl methyl sites for hydroxylation is 1. The minimum Gasteiger partial charge on any atom is -0.309 e. The molecule has 1 amide bonds. The number of hydrogen-bond donors (Lipinski definition) is 1. The molecule has 0 unspecified atom stereocenters. The first-order valence-corrected chi connectivity index (χ1v) is 10.2. The Bertz CT molecular complexity index is 996. The molecule has 3 heterocycles. The van der Waals surface area contributed by atoms with E-state index in [1.165, 1.54) is 12.8 Å². The van der Waals surface area contributed by atoms with Crippen LogP contribution in [0.1, 0.15) is 18.4 Å². The summed E-state index contributed by atoms with van der Waals surface area (Å²) in [6.45, 7) is 4.37. The highest BCUT2D eigenvalue weighted by molar-refractivity contribution is 6.30. The highest BCUT2D eigenvalue weighted by atomic mass is 35.5. The maximum Gasteiger partial charge on any atom is 0.239 e. The van der Waals surface area contributed by atoms with Crippen molar-refractivity contribution in [2.24, 2.45) is 0 Å². The van der Waals surface area contributed by atoms with Crippen LogP contribution in [0, 0.1) is 6.92 Å². The first-order valence-electron chi connectivity index (χ1n) is 9.80. The van der Waals surface area contributed by atoms with Gasteiger partial charge in [0.1, 0.15) is 5.82 Å². The monoisotopic (exact) mass is 406 g/mol. The van der Waals surface area contributed by atoms with Crippen LogP contribution in [0.5, 0.6) is 0 Å². The first kappa shape index (κ1) is 19.6. The van der Waals surface area contributed by atoms with E-state index in [4.69, 9.17) is 11.6 Å². The van der Waals surface area contributed by atoms with E-state index in [9.17, 15) is 4.79 Å². The number of carbonyl (C=O) groups excluding carboxylic acids is 1. The van der Waals surface area contributed by atoms with E-state index in [0.29, 0.717) is 17.4 Å². The number of halogens is 1. The standard InChI is InChI=1S/C23H23ClN4O/c1-16-12-19(14-26-23(16)27-22(29)15-28-10-2-3-11-28)21-9-6-18(13-25-21)17-4-7-20(24)8-5-17/h4-9,12-14H,2-3,10-11,15H2,1H3,(H,26,27,29). The van der Waals surface area contributed by atoms with Gasteiger partial charge in [-0.05, 0) is 68.2 Å². The second kappa shape index (κ2) is 8.72. The summed E-state index contributed by atoms with van der Waals surface area (Å²) in [5.41, 5.74) is 4.77. The molecule has 148 valence electrons. The van der Waals surface area contributed by atoms with E-state index >= 15 is 0 Å². The number of hydrogen-bond acceptors (Lipinski definition) is 4. The highest BCUT2D eigenvalue weighted by Crippen LogP contribution is 2.25. The van der Waals surface area contributed by atoms with Crippen LogP contribution in [0.4, 0.5) is 5.82 Å². The number of nitrogens with zero attached hydrogens (tertiary/aromatic N) is 3. The van der Waals surface area contributed by atoms with E-state index in [1.54, 1.807) is 6.20 Å². The first-order chi connectivity index (χ1) is 14.1. The van der Waals surface area contributed by atoms with Gasteiger partial charge in [0, 0.05) is 28.5 Å². The molecule has 1 N–H and O–H groups in total. The van der Waals surface area contributed by atoms with E-state index in [1.807, 2.05) is 55.6 Å². The van der Waals surface area contributed by atoms with Gasteiger partial charge in [-0.2, -0.15) is 0 Å². The second-order valence-corrected chi connectivity index (χ2v) is 7.80. The van der Waals surface area contributed by atoms with E-state index in [-0.39, 0.29) is 5.91 Å². The molecule has 3 aromatic rings. The van der Waals surface area contributed by atoms with Gasteiger partial charge in [-0.3, -0.25) is 14.7 Å². The lowest BCUT2D eigenvalue weighted by atomic mass is 10.1. The van der Waals surface area contributed by atoms with Crippen molar-refractivity contribution in [3.05, 3.63) is 65.4 Å². The Morgan fingerprint density at radius 2 is 1.69 bits per heavy atom. The Morgan fingerprint density at radius 3 is 2.34 bits per heavy atom. The molecule has 29 heavy (non-hydrogen) atoms. The largest absolute Gasteiger partial charge is 0.309 e. The SMILES string of the molecule is Cc1cc(-c2ccc(-c3ccc(Cl)cc3)cn2)cnc1NC(=O)CN1CCCC1. The van der Waals surface area contributed by atoms with Crippen LogP contribution in [0.25, 0.3) is 22.4 Å². The Kier molecular flexibility index (Phi) is 5.88. The fraction of sp³-hybridized carbons (Fsp3) is 0.261. The second-order valence-electron chi connectivity index (χ2n) is 7.36. The fourth-order valence-electron chi connectivity index (χ4n) is 3.54. The number of rotatable bonds is 5. The molecule has 0 radical (unpaired) electrons. The number of pyridine rings is 2. The van der Waals surface area contributed by atoms with Crippen molar-refractivity contribution < 1.29 is 4.79 Å². The van der Waals surface area contributed by atoms with Gasteiger partial charge in [-0.15, -0.1) is 0 Å². The average Bonchev–Trinajstić information content (AvgIpc) is 3.23. The lowest BCUT2D eigenvalue weighted by molar-refractivity contribution is -0.117. The molecule has 0 atom stereocenters. The Balaban J connectivity index is 1.45. The summed E-state index contributed by atoms with van der Waals surface area (Å²) < 4.78 is 0. The Labute approximate surface area is 175 Å². The molecule has 4 rings (SSSR count). The molecule has 1 aliphatic heterocycles. The van der Waals surface area contributed by atoms with Gasteiger partial charge >= 0.3 is 0 Å². The number of carbonyl (C=O) groups is 1. The number of likely N-dealkylation sites (tertiary alicyclic amines) is 1. The van der Waals surface area contributed by atoms with Crippen LogP contribution in [-0.4, -0.2) is 40.4 Å². The lowest BCUT2D eigenvalue weighted by Crippen LogP contribution is -2.31. The number of benzene rings is 1. The molecule has 5 nitrogen and oxygen atoms in total. The van der Waals surface area contributed by atoms with Crippen molar-refractivity contribution >= 4 is 23.3 Å². The maximum atomic E-state index is 12.3. The molecule has 0 bridgehead atoms. The topological polar surface area (TPSA) is 58.1 Å². The molecule has 0 spiro atoms. The van der Waals surface area contributed by atoms with E-state index in [2.05, 4.69) is 20.2 Å². The number of aromatic nitrogens is 2. The van der Waals surface area contributed by atoms with Crippen molar-refractivity contribution in [1.82, 2.24) is 14.9 Å². The van der Waals surface area contributed by atoms with Gasteiger partial charge in [0.2, 0.25) is 5.91 Å². The number of amides is 1. The van der Waals surface area contributed by atoms with Crippen LogP contribution in [0.2, 0.25) is 5.02 Å². The van der Waals surface area contributed by atoms with Crippen LogP contribution in [-0.2, 0) is 4.79 Å². The van der Waals surface area contributed by atoms with Crippen LogP contribution in [0.3, 0.4) is 0 Å². The lowest BCUT2D eigenvalue weighted by Gasteiger charge is -2.15. The summed E-state index contributed by atoms with van der Waals surface area (Å²) >= 11 is 5.95. The van der Waals surface area contributed by atoms with Gasteiger partial charge in [0.15, 0.2) is 0 Å². The summed E-state index contributed by atoms with van der Waals surface area (Å²) in [6.07, 6.45) is 5.94. The summed E-state index contributed by atoms with van der Waals surface area (Å²) in [5, 5.41) is 3.64. The Hall–Kier alpha value is -2.76. The molecule has 1 aliphatic rings. The van der Waals surface area contributed by atoms with Crippen molar-refractivity contribution in [2.45, 2.75) is 19.8 Å². The predicted octanol–water partition coefficient (Wildman–Crippen LogP) is 4.81. The zero-order valence-electron chi connectivity index (χ0n) is 16.4. The van der Waals surface area contributed by atoms with Crippen LogP contribution in [0.15, 0.2) is 54.9 Å². The predicted molar refractivity (Wildman–Crippen MR) is 117 cm³/mol. The Morgan fingerprint density at radius 1 is 1.00 bits per heavy atom. The smallest absolute Gasteiger partial charge is 0.239 e. The third-order valence-corrected chi connectivity index (χ3v) is 5.39. The highest BCUT2D eigenvalue weighted by Gasteiger charge is 2.16. The third-order valence-electron chi connectivity index (χ3n) is 5.14. The molecule has 0 saturated carbocycles. The minimum atomic E-state index is -0.0132. The van der Waals surface area contributed by atoms with Crippen molar-refractivity contribution in [3.8, 4) is 22.4 Å². The zero-order valence-corrected chi connectivity index (χ0v) is 17.1. The molecule has 6 heteroatoms.